The summed E-state index contributed by atoms with van der Waals surface area (Å²) < 4.78 is 10.3. The number of methoxy groups -OCH3 is 1. The quantitative estimate of drug-likeness (QED) is 0.834. The second-order valence-electron chi connectivity index (χ2n) is 4.28. The molecule has 0 aromatic carbocycles. The molecule has 1 aromatic heterocycles. The molecule has 0 spiro atoms. The first kappa shape index (κ1) is 12.3. The highest BCUT2D eigenvalue weighted by molar-refractivity contribution is 7.13. The van der Waals surface area contributed by atoms with Gasteiger partial charge in [-0.25, -0.2) is 9.78 Å². The first-order valence-corrected chi connectivity index (χ1v) is 6.43. The van der Waals surface area contributed by atoms with Crippen molar-refractivity contribution in [1.82, 2.24) is 4.98 Å². The molecular weight excluding hydrogens is 240 g/mol. The van der Waals surface area contributed by atoms with E-state index in [1.54, 1.807) is 5.38 Å². The van der Waals surface area contributed by atoms with Crippen LogP contribution in [-0.2, 0) is 9.47 Å². The smallest absolute Gasteiger partial charge is 0.357 e. The van der Waals surface area contributed by atoms with Gasteiger partial charge in [0, 0.05) is 18.5 Å². The number of carbonyl (C=O) groups excluding carboxylic acids is 1. The molecule has 1 aliphatic heterocycles. The zero-order chi connectivity index (χ0) is 12.3. The lowest BCUT2D eigenvalue weighted by molar-refractivity contribution is 0.0315. The predicted molar refractivity (Wildman–Crippen MR) is 65.5 cm³/mol. The van der Waals surface area contributed by atoms with E-state index >= 15 is 0 Å². The number of aromatic nitrogens is 1. The Morgan fingerprint density at radius 3 is 3.24 bits per heavy atom. The lowest BCUT2D eigenvalue weighted by Gasteiger charge is -2.22. The largest absolute Gasteiger partial charge is 0.464 e. The highest BCUT2D eigenvalue weighted by Crippen LogP contribution is 2.26. The van der Waals surface area contributed by atoms with E-state index in [2.05, 4.69) is 22.0 Å². The van der Waals surface area contributed by atoms with Gasteiger partial charge in [-0.2, -0.15) is 0 Å². The number of thiazole rings is 1. The van der Waals surface area contributed by atoms with Gasteiger partial charge in [0.05, 0.1) is 12.7 Å². The van der Waals surface area contributed by atoms with Gasteiger partial charge in [-0.15, -0.1) is 11.3 Å². The summed E-state index contributed by atoms with van der Waals surface area (Å²) in [4.78, 5) is 15.4. The standard InChI is InChI=1S/C11H16N2O3S/c1-11(4-3-5-16-11)7-12-10-13-8(6-17-10)9(14)15-2/h6H,3-5,7H2,1-2H3,(H,12,13). The molecule has 0 radical (unpaired) electrons. The SMILES string of the molecule is COC(=O)c1csc(NCC2(C)CCCO2)n1. The number of nitrogens with one attached hydrogen (secondary N) is 1. The Kier molecular flexibility index (Phi) is 3.63. The van der Waals surface area contributed by atoms with Gasteiger partial charge in [0.25, 0.3) is 0 Å². The van der Waals surface area contributed by atoms with E-state index in [0.717, 1.165) is 24.6 Å². The molecule has 94 valence electrons. The maximum atomic E-state index is 11.2. The summed E-state index contributed by atoms with van der Waals surface area (Å²) >= 11 is 1.40. The average molecular weight is 256 g/mol. The number of carbonyl (C=O) groups is 1. The van der Waals surface area contributed by atoms with Crippen LogP contribution in [0.2, 0.25) is 0 Å². The number of hydrogen-bond donors (Lipinski definition) is 1. The maximum Gasteiger partial charge on any atom is 0.357 e. The third kappa shape index (κ3) is 2.95. The molecule has 0 bridgehead atoms. The Hall–Kier alpha value is -1.14. The highest BCUT2D eigenvalue weighted by atomic mass is 32.1. The van der Waals surface area contributed by atoms with E-state index in [4.69, 9.17) is 4.74 Å². The fourth-order valence-electron chi connectivity index (χ4n) is 1.79. The molecule has 1 atom stereocenters. The summed E-state index contributed by atoms with van der Waals surface area (Å²) in [7, 11) is 1.35. The molecule has 2 rings (SSSR count). The summed E-state index contributed by atoms with van der Waals surface area (Å²) in [6.45, 7) is 3.62. The lowest BCUT2D eigenvalue weighted by Crippen LogP contribution is -2.32. The Labute approximate surface area is 104 Å². The van der Waals surface area contributed by atoms with Crippen LogP contribution in [-0.4, -0.2) is 36.8 Å². The first-order chi connectivity index (χ1) is 8.13. The van der Waals surface area contributed by atoms with Crippen molar-refractivity contribution in [3.05, 3.63) is 11.1 Å². The summed E-state index contributed by atoms with van der Waals surface area (Å²) in [6.07, 6.45) is 2.15. The van der Waals surface area contributed by atoms with Crippen molar-refractivity contribution in [3.8, 4) is 0 Å². The van der Waals surface area contributed by atoms with Crippen LogP contribution in [0.1, 0.15) is 30.3 Å². The minimum Gasteiger partial charge on any atom is -0.464 e. The molecule has 1 fully saturated rings. The third-order valence-electron chi connectivity index (χ3n) is 2.81. The zero-order valence-electron chi connectivity index (χ0n) is 9.99. The number of esters is 1. The number of nitrogens with zero attached hydrogens (tertiary/aromatic N) is 1. The van der Waals surface area contributed by atoms with Crippen molar-refractivity contribution < 1.29 is 14.3 Å². The van der Waals surface area contributed by atoms with Crippen LogP contribution < -0.4 is 5.32 Å². The van der Waals surface area contributed by atoms with Crippen LogP contribution in [0.4, 0.5) is 5.13 Å². The molecule has 17 heavy (non-hydrogen) atoms. The monoisotopic (exact) mass is 256 g/mol. The number of anilines is 1. The molecule has 2 heterocycles. The highest BCUT2D eigenvalue weighted by Gasteiger charge is 2.29. The van der Waals surface area contributed by atoms with E-state index in [0.29, 0.717) is 12.2 Å². The van der Waals surface area contributed by atoms with Gasteiger partial charge in [-0.3, -0.25) is 0 Å². The molecule has 1 saturated heterocycles. The van der Waals surface area contributed by atoms with E-state index in [1.165, 1.54) is 18.4 Å². The molecule has 1 unspecified atom stereocenters. The fraction of sp³-hybridized carbons (Fsp3) is 0.636. The Morgan fingerprint density at radius 1 is 1.76 bits per heavy atom. The molecule has 1 aliphatic rings. The Bertz CT molecular complexity index is 399. The lowest BCUT2D eigenvalue weighted by atomic mass is 10.0. The Morgan fingerprint density at radius 2 is 2.59 bits per heavy atom. The molecule has 1 aromatic rings. The number of rotatable bonds is 4. The Balaban J connectivity index is 1.91. The first-order valence-electron chi connectivity index (χ1n) is 5.55. The molecule has 0 amide bonds. The van der Waals surface area contributed by atoms with Crippen LogP contribution in [0, 0.1) is 0 Å². The van der Waals surface area contributed by atoms with Gasteiger partial charge >= 0.3 is 5.97 Å². The van der Waals surface area contributed by atoms with Gasteiger partial charge in [0.15, 0.2) is 10.8 Å². The average Bonchev–Trinajstić information content (AvgIpc) is 2.95. The van der Waals surface area contributed by atoms with Crippen LogP contribution in [0.5, 0.6) is 0 Å². The van der Waals surface area contributed by atoms with Gasteiger partial charge in [0.1, 0.15) is 0 Å². The minimum absolute atomic E-state index is 0.114. The molecule has 5 nitrogen and oxygen atoms in total. The normalized spacial score (nSPS) is 23.6. The molecule has 0 aliphatic carbocycles. The van der Waals surface area contributed by atoms with Crippen LogP contribution in [0.3, 0.4) is 0 Å². The van der Waals surface area contributed by atoms with Crippen LogP contribution in [0.25, 0.3) is 0 Å². The van der Waals surface area contributed by atoms with Crippen molar-refractivity contribution in [2.24, 2.45) is 0 Å². The van der Waals surface area contributed by atoms with Crippen molar-refractivity contribution in [3.63, 3.8) is 0 Å². The summed E-state index contributed by atoms with van der Waals surface area (Å²) in [5.74, 6) is -0.405. The van der Waals surface area contributed by atoms with E-state index in [9.17, 15) is 4.79 Å². The molecule has 6 heteroatoms. The second-order valence-corrected chi connectivity index (χ2v) is 5.14. The molecule has 0 saturated carbocycles. The summed E-state index contributed by atoms with van der Waals surface area (Å²) in [6, 6.07) is 0. The zero-order valence-corrected chi connectivity index (χ0v) is 10.8. The predicted octanol–water partition coefficient (Wildman–Crippen LogP) is 1.91. The third-order valence-corrected chi connectivity index (χ3v) is 3.61. The second kappa shape index (κ2) is 5.01. The fourth-order valence-corrected chi connectivity index (χ4v) is 2.47. The van der Waals surface area contributed by atoms with Gasteiger partial charge < -0.3 is 14.8 Å². The van der Waals surface area contributed by atoms with Gasteiger partial charge in [0.2, 0.25) is 0 Å². The van der Waals surface area contributed by atoms with Crippen LogP contribution in [0.15, 0.2) is 5.38 Å². The van der Waals surface area contributed by atoms with Gasteiger partial charge in [-0.05, 0) is 19.8 Å². The van der Waals surface area contributed by atoms with Crippen molar-refractivity contribution in [2.45, 2.75) is 25.4 Å². The van der Waals surface area contributed by atoms with E-state index < -0.39 is 5.97 Å². The topological polar surface area (TPSA) is 60.5 Å². The number of ether oxygens (including phenoxy) is 2. The van der Waals surface area contributed by atoms with Crippen LogP contribution >= 0.6 is 11.3 Å². The summed E-state index contributed by atoms with van der Waals surface area (Å²) in [5, 5.41) is 5.61. The molecular formula is C11H16N2O3S. The number of hydrogen-bond acceptors (Lipinski definition) is 6. The summed E-state index contributed by atoms with van der Waals surface area (Å²) in [5.41, 5.74) is 0.231. The maximum absolute atomic E-state index is 11.2. The van der Waals surface area contributed by atoms with E-state index in [1.807, 2.05) is 0 Å². The van der Waals surface area contributed by atoms with Crippen molar-refractivity contribution in [2.75, 3.05) is 25.6 Å². The van der Waals surface area contributed by atoms with Gasteiger partial charge in [-0.1, -0.05) is 0 Å². The van der Waals surface area contributed by atoms with Crippen molar-refractivity contribution >= 4 is 22.4 Å². The van der Waals surface area contributed by atoms with E-state index in [-0.39, 0.29) is 5.60 Å². The van der Waals surface area contributed by atoms with Crippen molar-refractivity contribution in [1.29, 1.82) is 0 Å². The minimum atomic E-state index is -0.405. The molecule has 1 N–H and O–H groups in total.